The molecule has 1 N–H and O–H groups in total. The molecule has 1 heterocycles. The van der Waals surface area contributed by atoms with Crippen LogP contribution < -0.4 is 5.32 Å². The molecule has 1 aliphatic carbocycles. The van der Waals surface area contributed by atoms with E-state index in [0.29, 0.717) is 13.1 Å². The molecular formula is C21H26F2N2O2. The Hall–Kier alpha value is -2.24. The van der Waals surface area contributed by atoms with Gasteiger partial charge in [0.2, 0.25) is 11.8 Å². The zero-order valence-corrected chi connectivity index (χ0v) is 15.4. The first-order valence-electron chi connectivity index (χ1n) is 9.76. The van der Waals surface area contributed by atoms with E-state index >= 15 is 0 Å². The summed E-state index contributed by atoms with van der Waals surface area (Å²) >= 11 is 0. The van der Waals surface area contributed by atoms with Crippen molar-refractivity contribution in [1.29, 1.82) is 0 Å². The highest BCUT2D eigenvalue weighted by atomic mass is 19.1. The highest BCUT2D eigenvalue weighted by molar-refractivity contribution is 5.92. The fraction of sp³-hybridized carbons (Fsp3) is 0.524. The Bertz CT molecular complexity index is 694. The molecule has 1 saturated carbocycles. The van der Waals surface area contributed by atoms with Crippen LogP contribution in [-0.2, 0) is 9.59 Å². The number of nitrogens with zero attached hydrogens (tertiary/aromatic N) is 1. The molecule has 27 heavy (non-hydrogen) atoms. The third-order valence-electron chi connectivity index (χ3n) is 5.45. The standard InChI is InChI=1S/C21H26F2N2O2/c22-18-9-4-10-19(23)17(18)11-12-20(26)25-13-5-6-15(14-25)21(27)24-16-7-2-1-3-8-16/h4,9-12,15-16H,1-3,5-8,13-14H2,(H,24,27). The predicted molar refractivity (Wildman–Crippen MR) is 99.7 cm³/mol. The van der Waals surface area contributed by atoms with Crippen LogP contribution in [-0.4, -0.2) is 35.8 Å². The van der Waals surface area contributed by atoms with Crippen LogP contribution in [0.25, 0.3) is 6.08 Å². The minimum absolute atomic E-state index is 0.0172. The molecule has 0 radical (unpaired) electrons. The van der Waals surface area contributed by atoms with E-state index in [2.05, 4.69) is 5.32 Å². The summed E-state index contributed by atoms with van der Waals surface area (Å²) in [6, 6.07) is 3.84. The predicted octanol–water partition coefficient (Wildman–Crippen LogP) is 3.67. The molecule has 0 aromatic heterocycles. The van der Waals surface area contributed by atoms with Crippen LogP contribution >= 0.6 is 0 Å². The van der Waals surface area contributed by atoms with Crippen molar-refractivity contribution in [2.24, 2.45) is 5.92 Å². The highest BCUT2D eigenvalue weighted by Gasteiger charge is 2.29. The lowest BCUT2D eigenvalue weighted by molar-refractivity contribution is -0.132. The number of halogens is 2. The van der Waals surface area contributed by atoms with Gasteiger partial charge < -0.3 is 10.2 Å². The first-order chi connectivity index (χ1) is 13.0. The van der Waals surface area contributed by atoms with Gasteiger partial charge in [0.05, 0.1) is 5.92 Å². The monoisotopic (exact) mass is 376 g/mol. The molecule has 1 atom stereocenters. The second kappa shape index (κ2) is 9.11. The van der Waals surface area contributed by atoms with Crippen molar-refractivity contribution in [3.63, 3.8) is 0 Å². The van der Waals surface area contributed by atoms with E-state index in [9.17, 15) is 18.4 Å². The second-order valence-electron chi connectivity index (χ2n) is 7.44. The Kier molecular flexibility index (Phi) is 6.58. The Balaban J connectivity index is 1.57. The number of piperidine rings is 1. The van der Waals surface area contributed by atoms with E-state index in [1.807, 2.05) is 0 Å². The van der Waals surface area contributed by atoms with Gasteiger partial charge in [-0.25, -0.2) is 8.78 Å². The van der Waals surface area contributed by atoms with Gasteiger partial charge in [0.15, 0.2) is 0 Å². The fourth-order valence-electron chi connectivity index (χ4n) is 3.89. The third kappa shape index (κ3) is 5.15. The number of hydrogen-bond acceptors (Lipinski definition) is 2. The number of carbonyl (C=O) groups excluding carboxylic acids is 2. The summed E-state index contributed by atoms with van der Waals surface area (Å²) in [5.41, 5.74) is -0.227. The first-order valence-corrected chi connectivity index (χ1v) is 9.76. The molecule has 2 amide bonds. The molecule has 2 fully saturated rings. The van der Waals surface area contributed by atoms with Gasteiger partial charge in [-0.1, -0.05) is 25.3 Å². The molecule has 4 nitrogen and oxygen atoms in total. The van der Waals surface area contributed by atoms with Crippen molar-refractivity contribution in [3.05, 3.63) is 41.5 Å². The Morgan fingerprint density at radius 1 is 1.04 bits per heavy atom. The zero-order valence-electron chi connectivity index (χ0n) is 15.4. The molecule has 1 aromatic carbocycles. The Morgan fingerprint density at radius 3 is 2.44 bits per heavy atom. The molecule has 6 heteroatoms. The van der Waals surface area contributed by atoms with E-state index in [-0.39, 0.29) is 29.3 Å². The third-order valence-corrected chi connectivity index (χ3v) is 5.45. The Labute approximate surface area is 158 Å². The normalized spacial score (nSPS) is 21.4. The summed E-state index contributed by atoms with van der Waals surface area (Å²) in [7, 11) is 0. The Morgan fingerprint density at radius 2 is 1.74 bits per heavy atom. The number of likely N-dealkylation sites (tertiary alicyclic amines) is 1. The summed E-state index contributed by atoms with van der Waals surface area (Å²) in [6.07, 6.45) is 9.43. The van der Waals surface area contributed by atoms with E-state index in [1.165, 1.54) is 24.6 Å². The maximum Gasteiger partial charge on any atom is 0.246 e. The van der Waals surface area contributed by atoms with E-state index in [4.69, 9.17) is 0 Å². The lowest BCUT2D eigenvalue weighted by atomic mass is 9.93. The van der Waals surface area contributed by atoms with Gasteiger partial charge in [-0.3, -0.25) is 9.59 Å². The molecule has 0 bridgehead atoms. The van der Waals surface area contributed by atoms with E-state index in [0.717, 1.165) is 50.7 Å². The fourth-order valence-corrected chi connectivity index (χ4v) is 3.89. The molecule has 1 unspecified atom stereocenters. The highest BCUT2D eigenvalue weighted by Crippen LogP contribution is 2.21. The smallest absolute Gasteiger partial charge is 0.246 e. The quantitative estimate of drug-likeness (QED) is 0.816. The van der Waals surface area contributed by atoms with E-state index in [1.54, 1.807) is 4.90 Å². The van der Waals surface area contributed by atoms with Gasteiger partial charge in [0.1, 0.15) is 11.6 Å². The summed E-state index contributed by atoms with van der Waals surface area (Å²) in [6.45, 7) is 0.900. The van der Waals surface area contributed by atoms with Gasteiger partial charge in [-0.2, -0.15) is 0 Å². The molecule has 0 spiro atoms. The lowest BCUT2D eigenvalue weighted by Gasteiger charge is -2.33. The maximum atomic E-state index is 13.7. The van der Waals surface area contributed by atoms with Crippen molar-refractivity contribution in [1.82, 2.24) is 10.2 Å². The number of hydrogen-bond donors (Lipinski definition) is 1. The zero-order chi connectivity index (χ0) is 19.2. The van der Waals surface area contributed by atoms with Crippen LogP contribution in [0.5, 0.6) is 0 Å². The minimum atomic E-state index is -0.706. The molecule has 1 saturated heterocycles. The van der Waals surface area contributed by atoms with Gasteiger partial charge in [-0.15, -0.1) is 0 Å². The summed E-state index contributed by atoms with van der Waals surface area (Å²) in [5, 5.41) is 3.13. The van der Waals surface area contributed by atoms with Gasteiger partial charge in [-0.05, 0) is 43.9 Å². The minimum Gasteiger partial charge on any atom is -0.353 e. The first kappa shape index (κ1) is 19.5. The van der Waals surface area contributed by atoms with Gasteiger partial charge >= 0.3 is 0 Å². The van der Waals surface area contributed by atoms with Crippen LogP contribution in [0.1, 0.15) is 50.5 Å². The summed E-state index contributed by atoms with van der Waals surface area (Å²) < 4.78 is 27.3. The van der Waals surface area contributed by atoms with Crippen LogP contribution in [0.4, 0.5) is 8.78 Å². The van der Waals surface area contributed by atoms with Crippen molar-refractivity contribution in [3.8, 4) is 0 Å². The topological polar surface area (TPSA) is 49.4 Å². The lowest BCUT2D eigenvalue weighted by Crippen LogP contribution is -2.47. The van der Waals surface area contributed by atoms with Crippen molar-refractivity contribution >= 4 is 17.9 Å². The SMILES string of the molecule is O=C(NC1CCCCC1)C1CCCN(C(=O)C=Cc2c(F)cccc2F)C1. The molecular weight excluding hydrogens is 350 g/mol. The number of nitrogens with one attached hydrogen (secondary N) is 1. The van der Waals surface area contributed by atoms with Crippen LogP contribution in [0.2, 0.25) is 0 Å². The molecule has 3 rings (SSSR count). The molecule has 146 valence electrons. The molecule has 2 aliphatic rings. The van der Waals surface area contributed by atoms with Gasteiger partial charge in [0.25, 0.3) is 0 Å². The average molecular weight is 376 g/mol. The van der Waals surface area contributed by atoms with Crippen molar-refractivity contribution in [2.45, 2.75) is 51.0 Å². The van der Waals surface area contributed by atoms with Crippen molar-refractivity contribution < 1.29 is 18.4 Å². The maximum absolute atomic E-state index is 13.7. The van der Waals surface area contributed by atoms with Crippen molar-refractivity contribution in [2.75, 3.05) is 13.1 Å². The van der Waals surface area contributed by atoms with E-state index < -0.39 is 11.6 Å². The summed E-state index contributed by atoms with van der Waals surface area (Å²) in [5.74, 6) is -1.94. The summed E-state index contributed by atoms with van der Waals surface area (Å²) in [4.78, 5) is 26.5. The largest absolute Gasteiger partial charge is 0.353 e. The van der Waals surface area contributed by atoms with Crippen LogP contribution in [0.15, 0.2) is 24.3 Å². The second-order valence-corrected chi connectivity index (χ2v) is 7.44. The molecule has 1 aliphatic heterocycles. The average Bonchev–Trinajstić information content (AvgIpc) is 2.68. The van der Waals surface area contributed by atoms with Gasteiger partial charge in [0, 0.05) is 30.8 Å². The van der Waals surface area contributed by atoms with Crippen LogP contribution in [0, 0.1) is 17.6 Å². The number of amides is 2. The van der Waals surface area contributed by atoms with Crippen LogP contribution in [0.3, 0.4) is 0 Å². The number of rotatable bonds is 4. The number of carbonyl (C=O) groups is 2. The number of benzene rings is 1. The molecule has 1 aromatic rings.